The fourth-order valence-electron chi connectivity index (χ4n) is 1.41. The van der Waals surface area contributed by atoms with Gasteiger partial charge in [-0.2, -0.15) is 0 Å². The minimum atomic E-state index is 0.141. The maximum absolute atomic E-state index is 6.07. The molecule has 1 N–H and O–H groups in total. The van der Waals surface area contributed by atoms with Gasteiger partial charge in [0.05, 0.1) is 0 Å². The summed E-state index contributed by atoms with van der Waals surface area (Å²) < 4.78 is 1.79. The number of rotatable bonds is 4. The molecule has 0 saturated heterocycles. The summed E-state index contributed by atoms with van der Waals surface area (Å²) in [6, 6.07) is 2.08. The molecule has 0 unspecified atom stereocenters. The quantitative estimate of drug-likeness (QED) is 0.746. The second-order valence-corrected chi connectivity index (χ2v) is 8.29. The van der Waals surface area contributed by atoms with Crippen LogP contribution in [0.1, 0.15) is 39.5 Å². The molecule has 0 bridgehead atoms. The van der Waals surface area contributed by atoms with Crippen molar-refractivity contribution in [1.82, 2.24) is 5.32 Å². The van der Waals surface area contributed by atoms with Gasteiger partial charge in [-0.05, 0) is 54.8 Å². The van der Waals surface area contributed by atoms with Gasteiger partial charge in [-0.15, -0.1) is 11.3 Å². The van der Waals surface area contributed by atoms with E-state index in [1.54, 1.807) is 11.3 Å². The molecule has 1 aromatic rings. The molecule has 0 amide bonds. The summed E-state index contributed by atoms with van der Waals surface area (Å²) >= 11 is 11.1. The van der Waals surface area contributed by atoms with Crippen LogP contribution >= 0.6 is 38.9 Å². The van der Waals surface area contributed by atoms with Crippen molar-refractivity contribution >= 4 is 44.9 Å². The summed E-state index contributed by atoms with van der Waals surface area (Å²) in [6.45, 7) is 11.9. The van der Waals surface area contributed by atoms with Gasteiger partial charge in [0.1, 0.15) is 4.34 Å². The zero-order valence-electron chi connectivity index (χ0n) is 11.6. The first kappa shape index (κ1) is 16.2. The zero-order valence-corrected chi connectivity index (χ0v) is 14.8. The average molecular weight is 351 g/mol. The molecular weight excluding hydrogens is 330 g/mol. The minimum Gasteiger partial charge on any atom is -0.308 e. The number of thiophene rings is 1. The van der Waals surface area contributed by atoms with Crippen LogP contribution in [-0.2, 0) is 0 Å². The second kappa shape index (κ2) is 6.56. The van der Waals surface area contributed by atoms with Crippen LogP contribution in [-0.4, -0.2) is 12.1 Å². The fraction of sp³-hybridized carbons (Fsp3) is 0.571. The number of hydrogen-bond acceptors (Lipinski definition) is 2. The van der Waals surface area contributed by atoms with Gasteiger partial charge in [-0.25, -0.2) is 0 Å². The molecule has 0 saturated carbocycles. The number of hydrogen-bond donors (Lipinski definition) is 1. The van der Waals surface area contributed by atoms with Crippen molar-refractivity contribution in [3.63, 3.8) is 0 Å². The predicted octanol–water partition coefficient (Wildman–Crippen LogP) is 5.59. The van der Waals surface area contributed by atoms with E-state index in [1.807, 2.05) is 0 Å². The summed E-state index contributed by atoms with van der Waals surface area (Å²) in [5.74, 6) is 0.527. The lowest BCUT2D eigenvalue weighted by Gasteiger charge is -2.23. The van der Waals surface area contributed by atoms with Crippen LogP contribution in [0.3, 0.4) is 0 Å². The topological polar surface area (TPSA) is 12.0 Å². The lowest BCUT2D eigenvalue weighted by molar-refractivity contribution is 0.437. The van der Waals surface area contributed by atoms with E-state index in [1.165, 1.54) is 10.5 Å². The molecule has 1 rings (SSSR count). The van der Waals surface area contributed by atoms with E-state index in [9.17, 15) is 0 Å². The highest BCUT2D eigenvalue weighted by Crippen LogP contribution is 2.33. The third kappa shape index (κ3) is 5.43. The van der Waals surface area contributed by atoms with Gasteiger partial charge in [0, 0.05) is 21.4 Å². The Labute approximate surface area is 128 Å². The number of nitrogens with one attached hydrogen (secondary N) is 1. The van der Waals surface area contributed by atoms with Gasteiger partial charge >= 0.3 is 0 Å². The van der Waals surface area contributed by atoms with Crippen molar-refractivity contribution in [2.45, 2.75) is 40.2 Å². The molecule has 1 heterocycles. The minimum absolute atomic E-state index is 0.141. The highest BCUT2D eigenvalue weighted by Gasteiger charge is 2.12. The highest BCUT2D eigenvalue weighted by atomic mass is 79.9. The van der Waals surface area contributed by atoms with Crippen LogP contribution in [0.4, 0.5) is 0 Å². The van der Waals surface area contributed by atoms with Gasteiger partial charge in [0.25, 0.3) is 0 Å². The Balaban J connectivity index is 2.84. The molecule has 0 spiro atoms. The fourth-order valence-corrected chi connectivity index (χ4v) is 3.12. The van der Waals surface area contributed by atoms with E-state index in [4.69, 9.17) is 11.6 Å². The van der Waals surface area contributed by atoms with Gasteiger partial charge in [-0.1, -0.05) is 31.0 Å². The summed E-state index contributed by atoms with van der Waals surface area (Å²) in [6.07, 6.45) is 2.24. The van der Waals surface area contributed by atoms with E-state index >= 15 is 0 Å². The van der Waals surface area contributed by atoms with Crippen molar-refractivity contribution in [3.05, 3.63) is 25.3 Å². The predicted molar refractivity (Wildman–Crippen MR) is 87.6 cm³/mol. The van der Waals surface area contributed by atoms with Crippen LogP contribution in [0.25, 0.3) is 6.08 Å². The van der Waals surface area contributed by atoms with Crippen molar-refractivity contribution in [2.24, 2.45) is 5.92 Å². The standard InChI is InChI=1S/C14H21BrClNS/c1-9(2)10(8-17-14(3,4)5)6-11-7-12(15)13(16)18-11/h6-7,9,17H,8H2,1-5H3. The monoisotopic (exact) mass is 349 g/mol. The summed E-state index contributed by atoms with van der Waals surface area (Å²) in [7, 11) is 0. The normalized spacial score (nSPS) is 13.4. The van der Waals surface area contributed by atoms with Gasteiger partial charge in [0.15, 0.2) is 0 Å². The first-order valence-electron chi connectivity index (χ1n) is 6.09. The molecule has 18 heavy (non-hydrogen) atoms. The Kier molecular flexibility index (Phi) is 5.91. The molecule has 0 aliphatic rings. The third-order valence-corrected chi connectivity index (χ3v) is 4.98. The van der Waals surface area contributed by atoms with E-state index in [0.29, 0.717) is 5.92 Å². The smallest absolute Gasteiger partial charge is 0.108 e. The Bertz CT molecular complexity index is 410. The Morgan fingerprint density at radius 1 is 1.50 bits per heavy atom. The van der Waals surface area contributed by atoms with Crippen molar-refractivity contribution < 1.29 is 0 Å². The van der Waals surface area contributed by atoms with Gasteiger partial charge < -0.3 is 5.32 Å². The third-order valence-electron chi connectivity index (χ3n) is 2.56. The Morgan fingerprint density at radius 3 is 2.50 bits per heavy atom. The van der Waals surface area contributed by atoms with E-state index < -0.39 is 0 Å². The van der Waals surface area contributed by atoms with E-state index in [2.05, 4.69) is 68.0 Å². The molecule has 1 nitrogen and oxygen atoms in total. The molecule has 0 radical (unpaired) electrons. The Hall–Kier alpha value is 0.170. The SMILES string of the molecule is CC(C)C(=Cc1cc(Br)c(Cl)s1)CNC(C)(C)C. The highest BCUT2D eigenvalue weighted by molar-refractivity contribution is 9.10. The average Bonchev–Trinajstić information content (AvgIpc) is 2.51. The van der Waals surface area contributed by atoms with Crippen LogP contribution in [0, 0.1) is 5.92 Å². The molecule has 0 aliphatic carbocycles. The van der Waals surface area contributed by atoms with Crippen molar-refractivity contribution in [3.8, 4) is 0 Å². The zero-order chi connectivity index (χ0) is 13.9. The molecule has 4 heteroatoms. The van der Waals surface area contributed by atoms with Crippen LogP contribution in [0.15, 0.2) is 16.1 Å². The van der Waals surface area contributed by atoms with Crippen LogP contribution in [0.5, 0.6) is 0 Å². The number of halogens is 2. The lowest BCUT2D eigenvalue weighted by Crippen LogP contribution is -2.37. The van der Waals surface area contributed by atoms with E-state index in [0.717, 1.165) is 15.4 Å². The Morgan fingerprint density at radius 2 is 2.11 bits per heavy atom. The molecule has 1 aromatic heterocycles. The molecule has 102 valence electrons. The summed E-state index contributed by atoms with van der Waals surface area (Å²) in [5, 5.41) is 3.54. The van der Waals surface area contributed by atoms with Crippen molar-refractivity contribution in [1.29, 1.82) is 0 Å². The molecule has 0 aliphatic heterocycles. The van der Waals surface area contributed by atoms with Crippen LogP contribution < -0.4 is 5.32 Å². The van der Waals surface area contributed by atoms with Gasteiger partial charge in [-0.3, -0.25) is 0 Å². The molecule has 0 atom stereocenters. The summed E-state index contributed by atoms with van der Waals surface area (Å²) in [5.41, 5.74) is 1.54. The lowest BCUT2D eigenvalue weighted by atomic mass is 10.0. The maximum Gasteiger partial charge on any atom is 0.108 e. The van der Waals surface area contributed by atoms with Crippen LogP contribution in [0.2, 0.25) is 4.34 Å². The van der Waals surface area contributed by atoms with Gasteiger partial charge in [0.2, 0.25) is 0 Å². The van der Waals surface area contributed by atoms with E-state index in [-0.39, 0.29) is 5.54 Å². The largest absolute Gasteiger partial charge is 0.308 e. The maximum atomic E-state index is 6.07. The molecule has 0 aromatic carbocycles. The second-order valence-electron chi connectivity index (χ2n) is 5.75. The summed E-state index contributed by atoms with van der Waals surface area (Å²) in [4.78, 5) is 1.20. The van der Waals surface area contributed by atoms with Crippen molar-refractivity contribution in [2.75, 3.05) is 6.54 Å². The molecule has 0 fully saturated rings. The first-order chi connectivity index (χ1) is 8.19. The molecular formula is C14H21BrClNS. The first-order valence-corrected chi connectivity index (χ1v) is 8.08.